The third-order valence-electron chi connectivity index (χ3n) is 3.05. The van der Waals surface area contributed by atoms with Crippen molar-refractivity contribution in [1.82, 2.24) is 4.72 Å². The lowest BCUT2D eigenvalue weighted by atomic mass is 10.1. The minimum Gasteiger partial charge on any atom is -0.330 e. The van der Waals surface area contributed by atoms with Gasteiger partial charge in [-0.3, -0.25) is 0 Å². The minimum absolute atomic E-state index is 0. The summed E-state index contributed by atoms with van der Waals surface area (Å²) in [6, 6.07) is 5.42. The average molecular weight is 291 g/mol. The summed E-state index contributed by atoms with van der Waals surface area (Å²) in [6.45, 7) is 0.891. The van der Waals surface area contributed by atoms with Crippen LogP contribution >= 0.6 is 12.4 Å². The van der Waals surface area contributed by atoms with Gasteiger partial charge in [0.05, 0.1) is 4.90 Å². The SMILES string of the molecule is Cl.NCCCNS(=O)(=O)c1ccc2c(c1)CCC2. The third kappa shape index (κ3) is 3.45. The van der Waals surface area contributed by atoms with Crippen molar-refractivity contribution >= 4 is 22.4 Å². The first-order valence-electron chi connectivity index (χ1n) is 5.95. The van der Waals surface area contributed by atoms with Crippen LogP contribution in [0.25, 0.3) is 0 Å². The Morgan fingerprint density at radius 2 is 1.94 bits per heavy atom. The van der Waals surface area contributed by atoms with Crippen LogP contribution in [0.5, 0.6) is 0 Å². The molecule has 0 aromatic heterocycles. The molecule has 0 atom stereocenters. The molecular weight excluding hydrogens is 272 g/mol. The van der Waals surface area contributed by atoms with E-state index in [4.69, 9.17) is 5.73 Å². The Hall–Kier alpha value is -0.620. The van der Waals surface area contributed by atoms with Crippen LogP contribution in [0.1, 0.15) is 24.0 Å². The highest BCUT2D eigenvalue weighted by Gasteiger charge is 2.17. The molecule has 102 valence electrons. The van der Waals surface area contributed by atoms with Gasteiger partial charge >= 0.3 is 0 Å². The lowest BCUT2D eigenvalue weighted by Gasteiger charge is -2.07. The molecule has 0 aliphatic heterocycles. The van der Waals surface area contributed by atoms with Gasteiger partial charge in [0.2, 0.25) is 10.0 Å². The highest BCUT2D eigenvalue weighted by Crippen LogP contribution is 2.24. The molecule has 1 aliphatic carbocycles. The second kappa shape index (κ2) is 6.52. The molecule has 2 rings (SSSR count). The van der Waals surface area contributed by atoms with Crippen LogP contribution in [0.3, 0.4) is 0 Å². The molecule has 0 heterocycles. The van der Waals surface area contributed by atoms with Crippen molar-refractivity contribution in [3.05, 3.63) is 29.3 Å². The second-order valence-corrected chi connectivity index (χ2v) is 6.09. The molecule has 1 aromatic carbocycles. The molecule has 0 unspecified atom stereocenters. The van der Waals surface area contributed by atoms with Crippen LogP contribution in [0.4, 0.5) is 0 Å². The first kappa shape index (κ1) is 15.4. The minimum atomic E-state index is -3.36. The summed E-state index contributed by atoms with van der Waals surface area (Å²) in [5, 5.41) is 0. The first-order chi connectivity index (χ1) is 8.13. The summed E-state index contributed by atoms with van der Waals surface area (Å²) in [7, 11) is -3.36. The summed E-state index contributed by atoms with van der Waals surface area (Å²) in [5.41, 5.74) is 7.79. The molecular formula is C12H19ClN2O2S. The molecule has 0 saturated heterocycles. The van der Waals surface area contributed by atoms with E-state index in [1.54, 1.807) is 12.1 Å². The fourth-order valence-corrected chi connectivity index (χ4v) is 3.23. The van der Waals surface area contributed by atoms with E-state index in [9.17, 15) is 8.42 Å². The van der Waals surface area contributed by atoms with Crippen LogP contribution < -0.4 is 10.5 Å². The fourth-order valence-electron chi connectivity index (χ4n) is 2.11. The van der Waals surface area contributed by atoms with Gasteiger partial charge < -0.3 is 5.73 Å². The monoisotopic (exact) mass is 290 g/mol. The Kier molecular flexibility index (Phi) is 5.59. The van der Waals surface area contributed by atoms with E-state index in [2.05, 4.69) is 4.72 Å². The molecule has 0 bridgehead atoms. The number of halogens is 1. The standard InChI is InChI=1S/C12H18N2O2S.ClH/c13-7-2-8-14-17(15,16)12-6-5-10-3-1-4-11(10)9-12;/h5-6,9,14H,1-4,7-8,13H2;1H. The smallest absolute Gasteiger partial charge is 0.240 e. The Morgan fingerprint density at radius 1 is 1.22 bits per heavy atom. The van der Waals surface area contributed by atoms with Crippen molar-refractivity contribution in [3.8, 4) is 0 Å². The second-order valence-electron chi connectivity index (χ2n) is 4.32. The Balaban J connectivity index is 0.00000162. The van der Waals surface area contributed by atoms with E-state index in [-0.39, 0.29) is 12.4 Å². The summed E-state index contributed by atoms with van der Waals surface area (Å²) in [4.78, 5) is 0.371. The number of sulfonamides is 1. The van der Waals surface area contributed by atoms with Gasteiger partial charge in [-0.1, -0.05) is 6.07 Å². The normalized spacial score (nSPS) is 14.1. The summed E-state index contributed by atoms with van der Waals surface area (Å²) >= 11 is 0. The third-order valence-corrected chi connectivity index (χ3v) is 4.51. The number of nitrogens with one attached hydrogen (secondary N) is 1. The number of hydrogen-bond donors (Lipinski definition) is 2. The van der Waals surface area contributed by atoms with Crippen LogP contribution in [-0.4, -0.2) is 21.5 Å². The zero-order valence-electron chi connectivity index (χ0n) is 10.2. The predicted molar refractivity (Wildman–Crippen MR) is 74.6 cm³/mol. The van der Waals surface area contributed by atoms with Gasteiger partial charge in [-0.15, -0.1) is 12.4 Å². The Labute approximate surface area is 114 Å². The molecule has 0 saturated carbocycles. The molecule has 0 spiro atoms. The summed E-state index contributed by atoms with van der Waals surface area (Å²) in [6.07, 6.45) is 3.83. The molecule has 3 N–H and O–H groups in total. The van der Waals surface area contributed by atoms with E-state index in [0.29, 0.717) is 24.4 Å². The lowest BCUT2D eigenvalue weighted by Crippen LogP contribution is -2.26. The van der Waals surface area contributed by atoms with E-state index < -0.39 is 10.0 Å². The van der Waals surface area contributed by atoms with Gasteiger partial charge in [0.15, 0.2) is 0 Å². The predicted octanol–water partition coefficient (Wildman–Crippen LogP) is 1.22. The maximum atomic E-state index is 12.0. The van der Waals surface area contributed by atoms with Crippen molar-refractivity contribution < 1.29 is 8.42 Å². The van der Waals surface area contributed by atoms with Crippen molar-refractivity contribution in [2.24, 2.45) is 5.73 Å². The van der Waals surface area contributed by atoms with Gasteiger partial charge in [0.25, 0.3) is 0 Å². The number of hydrogen-bond acceptors (Lipinski definition) is 3. The number of aryl methyl sites for hydroxylation is 2. The largest absolute Gasteiger partial charge is 0.330 e. The fraction of sp³-hybridized carbons (Fsp3) is 0.500. The van der Waals surface area contributed by atoms with Gasteiger partial charge in [0.1, 0.15) is 0 Å². The first-order valence-corrected chi connectivity index (χ1v) is 7.43. The van der Waals surface area contributed by atoms with Gasteiger partial charge in [-0.25, -0.2) is 13.1 Å². The maximum absolute atomic E-state index is 12.0. The van der Waals surface area contributed by atoms with Gasteiger partial charge in [0, 0.05) is 6.54 Å². The molecule has 1 aromatic rings. The number of fused-ring (bicyclic) bond motifs is 1. The molecule has 0 radical (unpaired) electrons. The maximum Gasteiger partial charge on any atom is 0.240 e. The van der Waals surface area contributed by atoms with E-state index in [1.165, 1.54) is 11.1 Å². The number of benzene rings is 1. The molecule has 18 heavy (non-hydrogen) atoms. The van der Waals surface area contributed by atoms with E-state index in [1.807, 2.05) is 6.07 Å². The van der Waals surface area contributed by atoms with Gasteiger partial charge in [-0.2, -0.15) is 0 Å². The Bertz CT molecular complexity index is 503. The quantitative estimate of drug-likeness (QED) is 0.801. The van der Waals surface area contributed by atoms with Crippen LogP contribution in [0, 0.1) is 0 Å². The van der Waals surface area contributed by atoms with Crippen molar-refractivity contribution in [2.45, 2.75) is 30.6 Å². The van der Waals surface area contributed by atoms with Gasteiger partial charge in [-0.05, 0) is 55.5 Å². The van der Waals surface area contributed by atoms with E-state index in [0.717, 1.165) is 19.3 Å². The highest BCUT2D eigenvalue weighted by atomic mass is 35.5. The molecule has 1 aliphatic rings. The number of nitrogens with two attached hydrogens (primary N) is 1. The zero-order valence-corrected chi connectivity index (χ0v) is 11.8. The topological polar surface area (TPSA) is 72.2 Å². The molecule has 4 nitrogen and oxygen atoms in total. The highest BCUT2D eigenvalue weighted by molar-refractivity contribution is 7.89. The summed E-state index contributed by atoms with van der Waals surface area (Å²) < 4.78 is 26.5. The molecule has 0 amide bonds. The average Bonchev–Trinajstić information content (AvgIpc) is 2.76. The zero-order chi connectivity index (χ0) is 12.3. The molecule has 0 fully saturated rings. The Morgan fingerprint density at radius 3 is 2.67 bits per heavy atom. The number of rotatable bonds is 5. The van der Waals surface area contributed by atoms with Crippen molar-refractivity contribution in [3.63, 3.8) is 0 Å². The van der Waals surface area contributed by atoms with Crippen molar-refractivity contribution in [2.75, 3.05) is 13.1 Å². The van der Waals surface area contributed by atoms with E-state index >= 15 is 0 Å². The molecule has 6 heteroatoms. The van der Waals surface area contributed by atoms with Crippen LogP contribution in [0.15, 0.2) is 23.1 Å². The van der Waals surface area contributed by atoms with Crippen molar-refractivity contribution in [1.29, 1.82) is 0 Å². The van der Waals surface area contributed by atoms with Crippen LogP contribution in [-0.2, 0) is 22.9 Å². The lowest BCUT2D eigenvalue weighted by molar-refractivity contribution is 0.579. The van der Waals surface area contributed by atoms with Crippen LogP contribution in [0.2, 0.25) is 0 Å². The summed E-state index contributed by atoms with van der Waals surface area (Å²) in [5.74, 6) is 0.